The van der Waals surface area contributed by atoms with Gasteiger partial charge in [0.25, 0.3) is 0 Å². The Balaban J connectivity index is 1.33. The van der Waals surface area contributed by atoms with Crippen LogP contribution in [-0.4, -0.2) is 46.6 Å². The number of nitrogens with zero attached hydrogens (tertiary/aromatic N) is 3. The number of carbonyl (C=O) groups is 1. The number of nitrogens with one attached hydrogen (secondary N) is 1. The Morgan fingerprint density at radius 3 is 2.73 bits per heavy atom. The van der Waals surface area contributed by atoms with Gasteiger partial charge >= 0.3 is 0 Å². The molecule has 0 saturated carbocycles. The van der Waals surface area contributed by atoms with Gasteiger partial charge in [0.05, 0.1) is 12.7 Å². The van der Waals surface area contributed by atoms with Crippen molar-refractivity contribution in [2.24, 2.45) is 7.05 Å². The van der Waals surface area contributed by atoms with Crippen LogP contribution in [0.2, 0.25) is 0 Å². The summed E-state index contributed by atoms with van der Waals surface area (Å²) in [5.74, 6) is -0.123. The summed E-state index contributed by atoms with van der Waals surface area (Å²) in [6.45, 7) is 1.79. The van der Waals surface area contributed by atoms with Crippen molar-refractivity contribution in [3.05, 3.63) is 60.6 Å². The van der Waals surface area contributed by atoms with E-state index in [-0.39, 0.29) is 18.6 Å². The minimum absolute atomic E-state index is 0.0567. The van der Waals surface area contributed by atoms with Crippen LogP contribution in [0.3, 0.4) is 0 Å². The molecule has 0 aliphatic carbocycles. The van der Waals surface area contributed by atoms with Crippen LogP contribution in [0, 0.1) is 0 Å². The fraction of sp³-hybridized carbons (Fsp3) is 0.348. The maximum absolute atomic E-state index is 12.0. The molecular formula is C23H26N4O3. The first kappa shape index (κ1) is 20.3. The summed E-state index contributed by atoms with van der Waals surface area (Å²) >= 11 is 0. The Morgan fingerprint density at radius 1 is 1.20 bits per heavy atom. The molecular weight excluding hydrogens is 380 g/mol. The molecule has 30 heavy (non-hydrogen) atoms. The molecule has 1 aliphatic heterocycles. The average molecular weight is 406 g/mol. The molecule has 4 rings (SSSR count). The third kappa shape index (κ3) is 5.11. The molecule has 1 atom stereocenters. The topological polar surface area (TPSA) is 78.3 Å². The van der Waals surface area contributed by atoms with Crippen molar-refractivity contribution in [2.45, 2.75) is 25.5 Å². The van der Waals surface area contributed by atoms with Crippen LogP contribution < -0.4 is 5.32 Å². The molecule has 0 bridgehead atoms. The molecule has 0 unspecified atom stereocenters. The molecule has 1 amide bonds. The summed E-state index contributed by atoms with van der Waals surface area (Å²) in [5.41, 5.74) is 5.10. The van der Waals surface area contributed by atoms with E-state index in [0.717, 1.165) is 47.4 Å². The second-order valence-electron chi connectivity index (χ2n) is 7.42. The SMILES string of the molecule is Cn1cc(-c2ccncc2)c(-c2ccc(CNC(=O)COC[C@H]3CCCO3)cc2)n1. The van der Waals surface area contributed by atoms with Crippen molar-refractivity contribution in [3.63, 3.8) is 0 Å². The number of hydrogen-bond acceptors (Lipinski definition) is 5. The summed E-state index contributed by atoms with van der Waals surface area (Å²) in [6.07, 6.45) is 7.78. The van der Waals surface area contributed by atoms with Crippen LogP contribution in [0.5, 0.6) is 0 Å². The lowest BCUT2D eigenvalue weighted by atomic mass is 10.0. The van der Waals surface area contributed by atoms with Crippen molar-refractivity contribution >= 4 is 5.91 Å². The molecule has 0 spiro atoms. The van der Waals surface area contributed by atoms with Crippen LogP contribution in [0.4, 0.5) is 0 Å². The van der Waals surface area contributed by atoms with Crippen molar-refractivity contribution in [3.8, 4) is 22.4 Å². The molecule has 1 aliphatic rings. The van der Waals surface area contributed by atoms with Crippen molar-refractivity contribution in [1.29, 1.82) is 0 Å². The quantitative estimate of drug-likeness (QED) is 0.622. The fourth-order valence-electron chi connectivity index (χ4n) is 3.54. The van der Waals surface area contributed by atoms with Gasteiger partial charge < -0.3 is 14.8 Å². The molecule has 156 valence electrons. The van der Waals surface area contributed by atoms with Gasteiger partial charge in [-0.2, -0.15) is 5.10 Å². The van der Waals surface area contributed by atoms with Gasteiger partial charge in [-0.3, -0.25) is 14.5 Å². The number of amides is 1. The van der Waals surface area contributed by atoms with Gasteiger partial charge in [0.15, 0.2) is 0 Å². The summed E-state index contributed by atoms with van der Waals surface area (Å²) in [4.78, 5) is 16.1. The van der Waals surface area contributed by atoms with Crippen LogP contribution in [0.15, 0.2) is 55.0 Å². The zero-order valence-corrected chi connectivity index (χ0v) is 17.1. The standard InChI is InChI=1S/C23H26N4O3/c1-27-14-21(18-8-10-24-11-9-18)23(26-27)19-6-4-17(5-7-19)13-25-22(28)16-29-15-20-3-2-12-30-20/h4-11,14,20H,2-3,12-13,15-16H2,1H3,(H,25,28)/t20-/m1/s1. The van der Waals surface area contributed by atoms with Gasteiger partial charge in [0, 0.05) is 49.9 Å². The van der Waals surface area contributed by atoms with Gasteiger partial charge in [-0.05, 0) is 36.1 Å². The first-order chi connectivity index (χ1) is 14.7. The third-order valence-corrected chi connectivity index (χ3v) is 5.10. The monoisotopic (exact) mass is 406 g/mol. The van der Waals surface area contributed by atoms with Crippen LogP contribution in [-0.2, 0) is 27.9 Å². The zero-order valence-electron chi connectivity index (χ0n) is 17.1. The van der Waals surface area contributed by atoms with E-state index in [9.17, 15) is 4.79 Å². The fourth-order valence-corrected chi connectivity index (χ4v) is 3.54. The van der Waals surface area contributed by atoms with Gasteiger partial charge in [0.1, 0.15) is 12.3 Å². The Hall–Kier alpha value is -3.03. The predicted octanol–water partition coefficient (Wildman–Crippen LogP) is 2.96. The first-order valence-electron chi connectivity index (χ1n) is 10.2. The van der Waals surface area contributed by atoms with E-state index in [4.69, 9.17) is 9.47 Å². The third-order valence-electron chi connectivity index (χ3n) is 5.10. The minimum atomic E-state index is -0.123. The highest BCUT2D eigenvalue weighted by molar-refractivity contribution is 5.80. The average Bonchev–Trinajstić information content (AvgIpc) is 3.43. The maximum Gasteiger partial charge on any atom is 0.246 e. The molecule has 1 aromatic carbocycles. The number of benzene rings is 1. The maximum atomic E-state index is 12.0. The van der Waals surface area contributed by atoms with Crippen molar-refractivity contribution in [2.75, 3.05) is 19.8 Å². The molecule has 2 aromatic heterocycles. The lowest BCUT2D eigenvalue weighted by Crippen LogP contribution is -2.28. The van der Waals surface area contributed by atoms with Crippen molar-refractivity contribution in [1.82, 2.24) is 20.1 Å². The van der Waals surface area contributed by atoms with Crippen LogP contribution in [0.25, 0.3) is 22.4 Å². The molecule has 1 fully saturated rings. The van der Waals surface area contributed by atoms with Gasteiger partial charge in [-0.1, -0.05) is 24.3 Å². The largest absolute Gasteiger partial charge is 0.376 e. The lowest BCUT2D eigenvalue weighted by Gasteiger charge is -2.10. The summed E-state index contributed by atoms with van der Waals surface area (Å²) in [6, 6.07) is 12.0. The summed E-state index contributed by atoms with van der Waals surface area (Å²) in [5, 5.41) is 7.52. The predicted molar refractivity (Wildman–Crippen MR) is 114 cm³/mol. The second kappa shape index (κ2) is 9.65. The molecule has 3 aromatic rings. The van der Waals surface area contributed by atoms with Gasteiger partial charge in [-0.25, -0.2) is 0 Å². The summed E-state index contributed by atoms with van der Waals surface area (Å²) in [7, 11) is 1.92. The van der Waals surface area contributed by atoms with E-state index < -0.39 is 0 Å². The number of rotatable bonds is 8. The smallest absolute Gasteiger partial charge is 0.246 e. The highest BCUT2D eigenvalue weighted by atomic mass is 16.5. The number of hydrogen-bond donors (Lipinski definition) is 1. The number of aryl methyl sites for hydroxylation is 1. The summed E-state index contributed by atoms with van der Waals surface area (Å²) < 4.78 is 12.7. The van der Waals surface area contributed by atoms with Gasteiger partial charge in [-0.15, -0.1) is 0 Å². The highest BCUT2D eigenvalue weighted by Crippen LogP contribution is 2.30. The van der Waals surface area contributed by atoms with E-state index in [0.29, 0.717) is 13.2 Å². The Kier molecular flexibility index (Phi) is 6.51. The Labute approximate surface area is 176 Å². The molecule has 7 heteroatoms. The molecule has 1 saturated heterocycles. The van der Waals surface area contributed by atoms with Gasteiger partial charge in [0.2, 0.25) is 5.91 Å². The first-order valence-corrected chi connectivity index (χ1v) is 10.2. The van der Waals surface area contributed by atoms with E-state index >= 15 is 0 Å². The molecule has 3 heterocycles. The normalized spacial score (nSPS) is 16.0. The Morgan fingerprint density at radius 2 is 2.00 bits per heavy atom. The number of pyridine rings is 1. The van der Waals surface area contributed by atoms with Crippen molar-refractivity contribution < 1.29 is 14.3 Å². The highest BCUT2D eigenvalue weighted by Gasteiger charge is 2.16. The van der Waals surface area contributed by atoms with E-state index in [1.165, 1.54) is 0 Å². The number of carbonyl (C=O) groups excluding carboxylic acids is 1. The molecule has 1 N–H and O–H groups in total. The lowest BCUT2D eigenvalue weighted by molar-refractivity contribution is -0.127. The van der Waals surface area contributed by atoms with Crippen LogP contribution >= 0.6 is 0 Å². The molecule has 0 radical (unpaired) electrons. The Bertz CT molecular complexity index is 964. The van der Waals surface area contributed by atoms with E-state index in [1.54, 1.807) is 12.4 Å². The number of aromatic nitrogens is 3. The van der Waals surface area contributed by atoms with E-state index in [1.807, 2.05) is 54.3 Å². The van der Waals surface area contributed by atoms with E-state index in [2.05, 4.69) is 15.4 Å². The zero-order chi connectivity index (χ0) is 20.8. The molecule has 7 nitrogen and oxygen atoms in total. The van der Waals surface area contributed by atoms with Crippen LogP contribution in [0.1, 0.15) is 18.4 Å². The number of ether oxygens (including phenoxy) is 2. The second-order valence-corrected chi connectivity index (χ2v) is 7.42. The minimum Gasteiger partial charge on any atom is -0.376 e.